The average Bonchev–Trinajstić information content (AvgIpc) is 2.88. The van der Waals surface area contributed by atoms with Gasteiger partial charge in [0, 0.05) is 19.2 Å². The molecule has 0 saturated heterocycles. The Kier molecular flexibility index (Phi) is 5.85. The molecule has 20 heavy (non-hydrogen) atoms. The molecule has 1 heterocycles. The molecule has 1 aromatic heterocycles. The number of benzene rings is 1. The normalized spacial score (nSPS) is 10.9. The van der Waals surface area contributed by atoms with E-state index in [0.717, 1.165) is 25.8 Å². The molecule has 0 aliphatic rings. The number of hydrogen-bond donors (Lipinski definition) is 0. The molecule has 0 bridgehead atoms. The second-order valence-corrected chi connectivity index (χ2v) is 5.38. The van der Waals surface area contributed by atoms with E-state index in [2.05, 4.69) is 54.9 Å². The van der Waals surface area contributed by atoms with Crippen LogP contribution in [0.2, 0.25) is 0 Å². The molecule has 108 valence electrons. The number of rotatable bonds is 8. The summed E-state index contributed by atoms with van der Waals surface area (Å²) in [6.07, 6.45) is 9.24. The quantitative estimate of drug-likeness (QED) is 0.694. The van der Waals surface area contributed by atoms with Gasteiger partial charge in [0.2, 0.25) is 0 Å². The maximum atomic E-state index is 4.81. The van der Waals surface area contributed by atoms with Crippen molar-refractivity contribution in [2.45, 2.75) is 58.9 Å². The van der Waals surface area contributed by atoms with Gasteiger partial charge in [-0.1, -0.05) is 43.7 Å². The molecule has 0 spiro atoms. The SMILES string of the molecule is CCCCc1nc(CCCc2ccccc2)cn1CC. The zero-order chi connectivity index (χ0) is 14.2. The highest BCUT2D eigenvalue weighted by Crippen LogP contribution is 2.11. The lowest BCUT2D eigenvalue weighted by Crippen LogP contribution is -2.00. The standard InChI is InChI=1S/C18H26N2/c1-3-5-14-18-19-17(15-20(18)4-2)13-9-12-16-10-7-6-8-11-16/h6-8,10-11,15H,3-5,9,12-14H2,1-2H3. The summed E-state index contributed by atoms with van der Waals surface area (Å²) in [7, 11) is 0. The molecule has 2 heteroatoms. The first-order valence-electron chi connectivity index (χ1n) is 7.92. The number of hydrogen-bond acceptors (Lipinski definition) is 1. The maximum absolute atomic E-state index is 4.81. The highest BCUT2D eigenvalue weighted by atomic mass is 15.1. The van der Waals surface area contributed by atoms with Crippen LogP contribution in [0.25, 0.3) is 0 Å². The molecular formula is C18H26N2. The van der Waals surface area contributed by atoms with Crippen molar-refractivity contribution in [1.82, 2.24) is 9.55 Å². The molecule has 0 aliphatic heterocycles. The third kappa shape index (κ3) is 4.22. The fraction of sp³-hybridized carbons (Fsp3) is 0.500. The predicted molar refractivity (Wildman–Crippen MR) is 85.0 cm³/mol. The average molecular weight is 270 g/mol. The molecule has 1 aromatic carbocycles. The first kappa shape index (κ1) is 14.8. The fourth-order valence-corrected chi connectivity index (χ4v) is 2.56. The third-order valence-electron chi connectivity index (χ3n) is 3.74. The molecular weight excluding hydrogens is 244 g/mol. The minimum atomic E-state index is 1.03. The van der Waals surface area contributed by atoms with Crippen LogP contribution in [-0.4, -0.2) is 9.55 Å². The second-order valence-electron chi connectivity index (χ2n) is 5.38. The smallest absolute Gasteiger partial charge is 0.108 e. The summed E-state index contributed by atoms with van der Waals surface area (Å²) in [4.78, 5) is 4.81. The van der Waals surface area contributed by atoms with Crippen LogP contribution in [0.15, 0.2) is 36.5 Å². The summed E-state index contributed by atoms with van der Waals surface area (Å²) < 4.78 is 2.31. The topological polar surface area (TPSA) is 17.8 Å². The Bertz CT molecular complexity index is 499. The van der Waals surface area contributed by atoms with Crippen LogP contribution in [0.5, 0.6) is 0 Å². The first-order chi connectivity index (χ1) is 9.83. The van der Waals surface area contributed by atoms with E-state index in [4.69, 9.17) is 4.98 Å². The molecule has 2 aromatic rings. The van der Waals surface area contributed by atoms with Gasteiger partial charge in [0.1, 0.15) is 5.82 Å². The van der Waals surface area contributed by atoms with E-state index in [1.54, 1.807) is 0 Å². The lowest BCUT2D eigenvalue weighted by molar-refractivity contribution is 0.662. The van der Waals surface area contributed by atoms with E-state index in [-0.39, 0.29) is 0 Å². The van der Waals surface area contributed by atoms with E-state index >= 15 is 0 Å². The van der Waals surface area contributed by atoms with Crippen molar-refractivity contribution in [1.29, 1.82) is 0 Å². The predicted octanol–water partition coefficient (Wildman–Crippen LogP) is 4.42. The van der Waals surface area contributed by atoms with Crippen LogP contribution in [0.1, 0.15) is 50.2 Å². The Hall–Kier alpha value is -1.57. The van der Waals surface area contributed by atoms with E-state index in [1.165, 1.54) is 36.3 Å². The number of unbranched alkanes of at least 4 members (excludes halogenated alkanes) is 1. The monoisotopic (exact) mass is 270 g/mol. The summed E-state index contributed by atoms with van der Waals surface area (Å²) in [5, 5.41) is 0. The summed E-state index contributed by atoms with van der Waals surface area (Å²) in [6.45, 7) is 5.47. The number of nitrogens with zero attached hydrogens (tertiary/aromatic N) is 2. The van der Waals surface area contributed by atoms with E-state index < -0.39 is 0 Å². The number of aromatic nitrogens is 2. The molecule has 0 radical (unpaired) electrons. The van der Waals surface area contributed by atoms with Gasteiger partial charge in [0.25, 0.3) is 0 Å². The lowest BCUT2D eigenvalue weighted by atomic mass is 10.1. The molecule has 0 unspecified atom stereocenters. The van der Waals surface area contributed by atoms with Gasteiger partial charge in [-0.25, -0.2) is 4.98 Å². The first-order valence-corrected chi connectivity index (χ1v) is 7.92. The van der Waals surface area contributed by atoms with Gasteiger partial charge in [0.05, 0.1) is 5.69 Å². The lowest BCUT2D eigenvalue weighted by Gasteiger charge is -2.02. The van der Waals surface area contributed by atoms with Gasteiger partial charge >= 0.3 is 0 Å². The highest BCUT2D eigenvalue weighted by Gasteiger charge is 2.06. The van der Waals surface area contributed by atoms with Crippen LogP contribution in [0.3, 0.4) is 0 Å². The van der Waals surface area contributed by atoms with Crippen molar-refractivity contribution in [3.8, 4) is 0 Å². The summed E-state index contributed by atoms with van der Waals surface area (Å²) in [5.41, 5.74) is 2.68. The van der Waals surface area contributed by atoms with Crippen LogP contribution >= 0.6 is 0 Å². The molecule has 0 atom stereocenters. The summed E-state index contributed by atoms with van der Waals surface area (Å²) in [6, 6.07) is 10.7. The molecule has 0 fully saturated rings. The van der Waals surface area contributed by atoms with Crippen LogP contribution < -0.4 is 0 Å². The Balaban J connectivity index is 1.87. The van der Waals surface area contributed by atoms with Gasteiger partial charge in [-0.3, -0.25) is 0 Å². The van der Waals surface area contributed by atoms with Crippen molar-refractivity contribution in [3.05, 3.63) is 53.6 Å². The van der Waals surface area contributed by atoms with Crippen molar-refractivity contribution >= 4 is 0 Å². The van der Waals surface area contributed by atoms with Crippen molar-refractivity contribution in [3.63, 3.8) is 0 Å². The summed E-state index contributed by atoms with van der Waals surface area (Å²) in [5.74, 6) is 1.27. The van der Waals surface area contributed by atoms with Gasteiger partial charge in [-0.05, 0) is 38.2 Å². The minimum absolute atomic E-state index is 1.03. The molecule has 0 amide bonds. The Labute approximate surface area is 122 Å². The van der Waals surface area contributed by atoms with E-state index in [9.17, 15) is 0 Å². The molecule has 2 rings (SSSR count). The highest BCUT2D eigenvalue weighted by molar-refractivity contribution is 5.15. The largest absolute Gasteiger partial charge is 0.335 e. The van der Waals surface area contributed by atoms with Gasteiger partial charge < -0.3 is 4.57 Å². The molecule has 2 nitrogen and oxygen atoms in total. The minimum Gasteiger partial charge on any atom is -0.335 e. The van der Waals surface area contributed by atoms with Crippen molar-refractivity contribution < 1.29 is 0 Å². The van der Waals surface area contributed by atoms with Gasteiger partial charge in [-0.2, -0.15) is 0 Å². The van der Waals surface area contributed by atoms with Crippen LogP contribution in [0, 0.1) is 0 Å². The van der Waals surface area contributed by atoms with Gasteiger partial charge in [-0.15, -0.1) is 0 Å². The molecule has 0 saturated carbocycles. The zero-order valence-electron chi connectivity index (χ0n) is 12.8. The van der Waals surface area contributed by atoms with E-state index in [0.29, 0.717) is 0 Å². The fourth-order valence-electron chi connectivity index (χ4n) is 2.56. The Morgan fingerprint density at radius 2 is 1.75 bits per heavy atom. The van der Waals surface area contributed by atoms with Crippen molar-refractivity contribution in [2.75, 3.05) is 0 Å². The number of aryl methyl sites for hydroxylation is 4. The zero-order valence-corrected chi connectivity index (χ0v) is 12.8. The maximum Gasteiger partial charge on any atom is 0.108 e. The Morgan fingerprint density at radius 3 is 2.45 bits per heavy atom. The van der Waals surface area contributed by atoms with Gasteiger partial charge in [0.15, 0.2) is 0 Å². The Morgan fingerprint density at radius 1 is 0.950 bits per heavy atom. The molecule has 0 aliphatic carbocycles. The van der Waals surface area contributed by atoms with E-state index in [1.807, 2.05) is 0 Å². The van der Waals surface area contributed by atoms with Crippen molar-refractivity contribution in [2.24, 2.45) is 0 Å². The third-order valence-corrected chi connectivity index (χ3v) is 3.74. The molecule has 0 N–H and O–H groups in total. The number of imidazole rings is 1. The summed E-state index contributed by atoms with van der Waals surface area (Å²) >= 11 is 0. The van der Waals surface area contributed by atoms with Crippen LogP contribution in [-0.2, 0) is 25.8 Å². The van der Waals surface area contributed by atoms with Crippen LogP contribution in [0.4, 0.5) is 0 Å². The second kappa shape index (κ2) is 7.88.